The van der Waals surface area contributed by atoms with Crippen LogP contribution in [-0.2, 0) is 9.59 Å². The van der Waals surface area contributed by atoms with Crippen LogP contribution in [0.15, 0.2) is 48.5 Å². The first-order chi connectivity index (χ1) is 14.3. The Bertz CT molecular complexity index is 961. The number of nitrogens with one attached hydrogen (secondary N) is 1. The molecule has 0 aliphatic carbocycles. The van der Waals surface area contributed by atoms with E-state index in [1.807, 2.05) is 6.92 Å². The second-order valence-corrected chi connectivity index (χ2v) is 6.72. The summed E-state index contributed by atoms with van der Waals surface area (Å²) < 4.78 is 5.20. The summed E-state index contributed by atoms with van der Waals surface area (Å²) in [6, 6.07) is 11.2. The van der Waals surface area contributed by atoms with Gasteiger partial charge in [-0.2, -0.15) is 0 Å². The van der Waals surface area contributed by atoms with E-state index in [0.717, 1.165) is 0 Å². The number of anilines is 1. The molecule has 30 heavy (non-hydrogen) atoms. The van der Waals surface area contributed by atoms with Crippen LogP contribution in [0, 0.1) is 10.1 Å². The van der Waals surface area contributed by atoms with E-state index in [1.54, 1.807) is 30.3 Å². The number of rotatable bonds is 9. The van der Waals surface area contributed by atoms with Gasteiger partial charge in [-0.15, -0.1) is 0 Å². The first-order valence-electron chi connectivity index (χ1n) is 9.19. The fourth-order valence-corrected chi connectivity index (χ4v) is 2.88. The standard InChI is InChI=1S/C21H22ClN3O5/c1-3-12-24(14-20(26)23-17-6-4-5-7-19(17)30-2)21(27)11-9-15-8-10-16(22)18(13-15)25(28)29/h4-11,13H,3,12,14H2,1-2H3,(H,23,26). The van der Waals surface area contributed by atoms with E-state index < -0.39 is 4.92 Å². The lowest BCUT2D eigenvalue weighted by Gasteiger charge is -2.20. The minimum atomic E-state index is -0.590. The van der Waals surface area contributed by atoms with Crippen LogP contribution in [0.3, 0.4) is 0 Å². The van der Waals surface area contributed by atoms with E-state index in [9.17, 15) is 19.7 Å². The molecule has 0 unspecified atom stereocenters. The number of nitrogens with zero attached hydrogens (tertiary/aromatic N) is 2. The number of hydrogen-bond donors (Lipinski definition) is 1. The number of methoxy groups -OCH3 is 1. The number of amides is 2. The van der Waals surface area contributed by atoms with Gasteiger partial charge in [0.05, 0.1) is 17.7 Å². The monoisotopic (exact) mass is 431 g/mol. The molecule has 2 aromatic carbocycles. The lowest BCUT2D eigenvalue weighted by Crippen LogP contribution is -2.37. The van der Waals surface area contributed by atoms with Crippen LogP contribution in [0.4, 0.5) is 11.4 Å². The van der Waals surface area contributed by atoms with E-state index in [0.29, 0.717) is 30.0 Å². The van der Waals surface area contributed by atoms with Gasteiger partial charge in [-0.1, -0.05) is 36.7 Å². The van der Waals surface area contributed by atoms with E-state index in [1.165, 1.54) is 36.3 Å². The summed E-state index contributed by atoms with van der Waals surface area (Å²) in [5, 5.41) is 13.7. The van der Waals surface area contributed by atoms with Crippen molar-refractivity contribution in [2.24, 2.45) is 0 Å². The number of ether oxygens (including phenoxy) is 1. The quantitative estimate of drug-likeness (QED) is 0.365. The van der Waals surface area contributed by atoms with Crippen molar-refractivity contribution in [2.45, 2.75) is 13.3 Å². The van der Waals surface area contributed by atoms with Crippen LogP contribution in [0.25, 0.3) is 6.08 Å². The lowest BCUT2D eigenvalue weighted by atomic mass is 10.2. The van der Waals surface area contributed by atoms with Crippen molar-refractivity contribution in [3.05, 3.63) is 69.2 Å². The molecule has 0 fully saturated rings. The molecule has 0 heterocycles. The Balaban J connectivity index is 2.09. The molecule has 158 valence electrons. The summed E-state index contributed by atoms with van der Waals surface area (Å²) in [5.74, 6) is -0.232. The molecule has 0 aromatic heterocycles. The maximum Gasteiger partial charge on any atom is 0.288 e. The summed E-state index contributed by atoms with van der Waals surface area (Å²) >= 11 is 5.80. The normalized spacial score (nSPS) is 10.6. The molecule has 0 radical (unpaired) electrons. The number of carbonyl (C=O) groups excluding carboxylic acids is 2. The summed E-state index contributed by atoms with van der Waals surface area (Å²) in [4.78, 5) is 36.8. The summed E-state index contributed by atoms with van der Waals surface area (Å²) in [6.45, 7) is 2.13. The zero-order valence-electron chi connectivity index (χ0n) is 16.6. The second kappa shape index (κ2) is 11.0. The van der Waals surface area contributed by atoms with Gasteiger partial charge in [-0.3, -0.25) is 19.7 Å². The van der Waals surface area contributed by atoms with Gasteiger partial charge in [0.25, 0.3) is 5.69 Å². The highest BCUT2D eigenvalue weighted by atomic mass is 35.5. The first-order valence-corrected chi connectivity index (χ1v) is 9.57. The Labute approximate surface area is 179 Å². The first kappa shape index (κ1) is 22.9. The van der Waals surface area contributed by atoms with Gasteiger partial charge in [0.1, 0.15) is 17.3 Å². The average molecular weight is 432 g/mol. The zero-order chi connectivity index (χ0) is 22.1. The number of halogens is 1. The van der Waals surface area contributed by atoms with Crippen LogP contribution in [0.5, 0.6) is 5.75 Å². The molecule has 0 aliphatic heterocycles. The minimum absolute atomic E-state index is 0.0177. The van der Waals surface area contributed by atoms with Crippen LogP contribution < -0.4 is 10.1 Å². The van der Waals surface area contributed by atoms with Gasteiger partial charge in [0.15, 0.2) is 0 Å². The third-order valence-electron chi connectivity index (χ3n) is 4.11. The maximum atomic E-state index is 12.6. The molecule has 2 rings (SSSR count). The lowest BCUT2D eigenvalue weighted by molar-refractivity contribution is -0.384. The largest absolute Gasteiger partial charge is 0.495 e. The van der Waals surface area contributed by atoms with Gasteiger partial charge in [-0.25, -0.2) is 0 Å². The molecule has 8 nitrogen and oxygen atoms in total. The molecule has 0 saturated carbocycles. The molecule has 0 spiro atoms. The smallest absolute Gasteiger partial charge is 0.288 e. The van der Waals surface area contributed by atoms with Gasteiger partial charge < -0.3 is 15.0 Å². The average Bonchev–Trinajstić information content (AvgIpc) is 2.72. The van der Waals surface area contributed by atoms with Crippen molar-refractivity contribution < 1.29 is 19.2 Å². The van der Waals surface area contributed by atoms with Crippen LogP contribution in [-0.4, -0.2) is 41.8 Å². The van der Waals surface area contributed by atoms with Gasteiger partial charge in [-0.05, 0) is 36.3 Å². The minimum Gasteiger partial charge on any atom is -0.495 e. The highest BCUT2D eigenvalue weighted by Crippen LogP contribution is 2.25. The van der Waals surface area contributed by atoms with E-state index in [4.69, 9.17) is 16.3 Å². The Morgan fingerprint density at radius 1 is 1.27 bits per heavy atom. The number of carbonyl (C=O) groups is 2. The SMILES string of the molecule is CCCN(CC(=O)Nc1ccccc1OC)C(=O)C=Cc1ccc(Cl)c([N+](=O)[O-])c1. The highest BCUT2D eigenvalue weighted by molar-refractivity contribution is 6.32. The zero-order valence-corrected chi connectivity index (χ0v) is 17.4. The Kier molecular flexibility index (Phi) is 8.37. The third kappa shape index (κ3) is 6.31. The second-order valence-electron chi connectivity index (χ2n) is 6.31. The van der Waals surface area contributed by atoms with Crippen molar-refractivity contribution in [1.29, 1.82) is 0 Å². The Morgan fingerprint density at radius 3 is 2.67 bits per heavy atom. The van der Waals surface area contributed by atoms with Crippen molar-refractivity contribution in [1.82, 2.24) is 4.90 Å². The number of benzene rings is 2. The number of para-hydroxylation sites is 2. The van der Waals surface area contributed by atoms with Gasteiger partial charge in [0, 0.05) is 18.7 Å². The van der Waals surface area contributed by atoms with E-state index in [2.05, 4.69) is 5.32 Å². The summed E-state index contributed by atoms with van der Waals surface area (Å²) in [6.07, 6.45) is 3.39. The van der Waals surface area contributed by atoms with Crippen molar-refractivity contribution >= 4 is 40.9 Å². The molecule has 0 saturated heterocycles. The van der Waals surface area contributed by atoms with E-state index >= 15 is 0 Å². The van der Waals surface area contributed by atoms with Crippen LogP contribution >= 0.6 is 11.6 Å². The highest BCUT2D eigenvalue weighted by Gasteiger charge is 2.16. The van der Waals surface area contributed by atoms with Crippen molar-refractivity contribution in [3.8, 4) is 5.75 Å². The molecule has 1 N–H and O–H groups in total. The topological polar surface area (TPSA) is 102 Å². The summed E-state index contributed by atoms with van der Waals surface area (Å²) in [5.41, 5.74) is 0.722. The molecule has 0 aliphatic rings. The number of hydrogen-bond acceptors (Lipinski definition) is 5. The predicted molar refractivity (Wildman–Crippen MR) is 116 cm³/mol. The molecule has 0 atom stereocenters. The third-order valence-corrected chi connectivity index (χ3v) is 4.43. The molecule has 2 aromatic rings. The van der Waals surface area contributed by atoms with Gasteiger partial charge in [0.2, 0.25) is 11.8 Å². The molecular weight excluding hydrogens is 410 g/mol. The number of nitro groups is 1. The molecule has 0 bridgehead atoms. The van der Waals surface area contributed by atoms with Crippen molar-refractivity contribution in [3.63, 3.8) is 0 Å². The van der Waals surface area contributed by atoms with Crippen molar-refractivity contribution in [2.75, 3.05) is 25.5 Å². The van der Waals surface area contributed by atoms with Crippen LogP contribution in [0.2, 0.25) is 5.02 Å². The predicted octanol–water partition coefficient (Wildman–Crippen LogP) is 4.15. The number of nitro benzene ring substituents is 1. The van der Waals surface area contributed by atoms with Crippen LogP contribution in [0.1, 0.15) is 18.9 Å². The Morgan fingerprint density at radius 2 is 2.00 bits per heavy atom. The molecule has 9 heteroatoms. The maximum absolute atomic E-state index is 12.6. The van der Waals surface area contributed by atoms with E-state index in [-0.39, 0.29) is 29.1 Å². The van der Waals surface area contributed by atoms with Gasteiger partial charge >= 0.3 is 0 Å². The summed E-state index contributed by atoms with van der Waals surface area (Å²) in [7, 11) is 1.50. The molecular formula is C21H22ClN3O5. The Hall–Kier alpha value is -3.39. The molecule has 2 amide bonds. The fourth-order valence-electron chi connectivity index (χ4n) is 2.69. The fraction of sp³-hybridized carbons (Fsp3) is 0.238.